The van der Waals surface area contributed by atoms with Gasteiger partial charge in [0.15, 0.2) is 0 Å². The van der Waals surface area contributed by atoms with E-state index in [1.807, 2.05) is 36.2 Å². The largest absolute Gasteiger partial charge is 0.488 e. The number of aliphatic hydroxyl groups is 1. The van der Waals surface area contributed by atoms with Crippen LogP contribution in [0.4, 0.5) is 5.69 Å². The first-order valence-electron chi connectivity index (χ1n) is 8.40. The monoisotopic (exact) mass is 320 g/mol. The van der Waals surface area contributed by atoms with Gasteiger partial charge in [0.1, 0.15) is 11.9 Å². The first-order chi connectivity index (χ1) is 11.0. The summed E-state index contributed by atoms with van der Waals surface area (Å²) in [5, 5.41) is 12.8. The second-order valence-electron chi connectivity index (χ2n) is 6.59. The third-order valence-corrected chi connectivity index (χ3v) is 4.37. The summed E-state index contributed by atoms with van der Waals surface area (Å²) >= 11 is 0. The molecule has 1 aromatic rings. The lowest BCUT2D eigenvalue weighted by molar-refractivity contribution is -0.117. The average Bonchev–Trinajstić information content (AvgIpc) is 2.51. The molecule has 2 N–H and O–H groups in total. The van der Waals surface area contributed by atoms with Crippen molar-refractivity contribution in [3.8, 4) is 5.75 Å². The Balaban J connectivity index is 1.85. The van der Waals surface area contributed by atoms with E-state index in [0.717, 1.165) is 37.1 Å². The molecule has 1 aromatic carbocycles. The normalized spacial score (nSPS) is 21.5. The highest BCUT2D eigenvalue weighted by atomic mass is 16.5. The first-order valence-corrected chi connectivity index (χ1v) is 8.40. The van der Waals surface area contributed by atoms with Crippen molar-refractivity contribution >= 4 is 11.6 Å². The van der Waals surface area contributed by atoms with Gasteiger partial charge < -0.3 is 15.2 Å². The predicted octanol–water partition coefficient (Wildman–Crippen LogP) is 2.65. The number of hydrogen-bond donors (Lipinski definition) is 2. The predicted molar refractivity (Wildman–Crippen MR) is 91.7 cm³/mol. The van der Waals surface area contributed by atoms with Crippen LogP contribution in [0.5, 0.6) is 5.75 Å². The maximum Gasteiger partial charge on any atom is 0.238 e. The van der Waals surface area contributed by atoms with Crippen LogP contribution in [0.3, 0.4) is 0 Å². The van der Waals surface area contributed by atoms with Gasteiger partial charge in [0.25, 0.3) is 0 Å². The number of likely N-dealkylation sites (N-methyl/N-ethyl adjacent to an activating group) is 1. The number of ether oxygens (including phenoxy) is 1. The molecular formula is C18H28N2O3. The SMILES string of the molecule is CC(C)N(C)CC(=O)Nc1ccc(O[C@@H]2CCCC[C@@H]2O)cc1. The standard InChI is InChI=1S/C18H28N2O3/c1-13(2)20(3)12-18(22)19-14-8-10-15(11-9-14)23-17-7-5-4-6-16(17)21/h8-11,13,16-17,21H,4-7,12H2,1-3H3,(H,19,22)/t16-,17+/m0/s1. The maximum absolute atomic E-state index is 12.0. The van der Waals surface area contributed by atoms with Gasteiger partial charge >= 0.3 is 0 Å². The summed E-state index contributed by atoms with van der Waals surface area (Å²) in [6.07, 6.45) is 3.36. The lowest BCUT2D eigenvalue weighted by atomic mass is 9.95. The number of carbonyl (C=O) groups is 1. The molecule has 0 spiro atoms. The van der Waals surface area contributed by atoms with Gasteiger partial charge in [-0.25, -0.2) is 0 Å². The highest BCUT2D eigenvalue weighted by Crippen LogP contribution is 2.24. The number of aliphatic hydroxyl groups excluding tert-OH is 1. The fourth-order valence-corrected chi connectivity index (χ4v) is 2.62. The van der Waals surface area contributed by atoms with Gasteiger partial charge in [0.05, 0.1) is 12.6 Å². The van der Waals surface area contributed by atoms with Crippen molar-refractivity contribution in [1.29, 1.82) is 0 Å². The summed E-state index contributed by atoms with van der Waals surface area (Å²) in [6, 6.07) is 7.67. The molecule has 5 heteroatoms. The van der Waals surface area contributed by atoms with Gasteiger partial charge in [-0.1, -0.05) is 6.42 Å². The maximum atomic E-state index is 12.0. The average molecular weight is 320 g/mol. The van der Waals surface area contributed by atoms with Crippen LogP contribution in [0.1, 0.15) is 39.5 Å². The van der Waals surface area contributed by atoms with Crippen LogP contribution in [-0.4, -0.2) is 47.8 Å². The Kier molecular flexibility index (Phi) is 6.42. The highest BCUT2D eigenvalue weighted by Gasteiger charge is 2.24. The third-order valence-electron chi connectivity index (χ3n) is 4.37. The lowest BCUT2D eigenvalue weighted by Gasteiger charge is -2.28. The Labute approximate surface area is 138 Å². The molecule has 0 bridgehead atoms. The quantitative estimate of drug-likeness (QED) is 0.846. The molecule has 2 atom stereocenters. The second-order valence-corrected chi connectivity index (χ2v) is 6.59. The van der Waals surface area contributed by atoms with E-state index in [-0.39, 0.29) is 18.1 Å². The molecule has 0 aliphatic heterocycles. The molecule has 128 valence electrons. The van der Waals surface area contributed by atoms with Crippen LogP contribution in [0.25, 0.3) is 0 Å². The number of nitrogens with zero attached hydrogens (tertiary/aromatic N) is 1. The number of anilines is 1. The van der Waals surface area contributed by atoms with Gasteiger partial charge in [0.2, 0.25) is 5.91 Å². The Hall–Kier alpha value is -1.59. The van der Waals surface area contributed by atoms with Gasteiger partial charge in [-0.15, -0.1) is 0 Å². The first kappa shape index (κ1) is 17.8. The number of amides is 1. The smallest absolute Gasteiger partial charge is 0.238 e. The van der Waals surface area contributed by atoms with E-state index in [0.29, 0.717) is 12.6 Å². The fraction of sp³-hybridized carbons (Fsp3) is 0.611. The van der Waals surface area contributed by atoms with E-state index in [9.17, 15) is 9.90 Å². The van der Waals surface area contributed by atoms with Crippen LogP contribution in [-0.2, 0) is 4.79 Å². The van der Waals surface area contributed by atoms with Crippen molar-refractivity contribution in [2.45, 2.75) is 57.8 Å². The zero-order valence-electron chi connectivity index (χ0n) is 14.3. The van der Waals surface area contributed by atoms with Crippen molar-refractivity contribution < 1.29 is 14.6 Å². The zero-order valence-corrected chi connectivity index (χ0v) is 14.3. The van der Waals surface area contributed by atoms with Crippen molar-refractivity contribution in [2.75, 3.05) is 18.9 Å². The lowest BCUT2D eigenvalue weighted by Crippen LogP contribution is -2.35. The molecule has 0 aromatic heterocycles. The topological polar surface area (TPSA) is 61.8 Å². The van der Waals surface area contributed by atoms with Gasteiger partial charge in [0, 0.05) is 11.7 Å². The van der Waals surface area contributed by atoms with Crippen molar-refractivity contribution in [1.82, 2.24) is 4.90 Å². The summed E-state index contributed by atoms with van der Waals surface area (Å²) in [6.45, 7) is 4.47. The van der Waals surface area contributed by atoms with Crippen LogP contribution >= 0.6 is 0 Å². The van der Waals surface area contributed by atoms with Crippen molar-refractivity contribution in [3.63, 3.8) is 0 Å². The van der Waals surface area contributed by atoms with E-state index < -0.39 is 0 Å². The van der Waals surface area contributed by atoms with Crippen LogP contribution < -0.4 is 10.1 Å². The molecule has 1 amide bonds. The number of benzene rings is 1. The molecule has 23 heavy (non-hydrogen) atoms. The Morgan fingerprint density at radius 3 is 2.57 bits per heavy atom. The Morgan fingerprint density at radius 1 is 1.30 bits per heavy atom. The minimum Gasteiger partial charge on any atom is -0.488 e. The molecule has 0 radical (unpaired) electrons. The number of carbonyl (C=O) groups excluding carboxylic acids is 1. The second kappa shape index (κ2) is 8.31. The molecular weight excluding hydrogens is 292 g/mol. The molecule has 0 saturated heterocycles. The van der Waals surface area contributed by atoms with Crippen molar-refractivity contribution in [3.05, 3.63) is 24.3 Å². The van der Waals surface area contributed by atoms with Crippen LogP contribution in [0, 0.1) is 0 Å². The van der Waals surface area contributed by atoms with Crippen LogP contribution in [0.15, 0.2) is 24.3 Å². The summed E-state index contributed by atoms with van der Waals surface area (Å²) in [7, 11) is 1.93. The van der Waals surface area contributed by atoms with E-state index in [2.05, 4.69) is 19.2 Å². The number of nitrogens with one attached hydrogen (secondary N) is 1. The van der Waals surface area contributed by atoms with Crippen molar-refractivity contribution in [2.24, 2.45) is 0 Å². The van der Waals surface area contributed by atoms with Crippen LogP contribution in [0.2, 0.25) is 0 Å². The number of hydrogen-bond acceptors (Lipinski definition) is 4. The van der Waals surface area contributed by atoms with E-state index in [1.54, 1.807) is 0 Å². The molecule has 1 aliphatic rings. The Morgan fingerprint density at radius 2 is 1.96 bits per heavy atom. The molecule has 1 saturated carbocycles. The molecule has 2 rings (SSSR count). The van der Waals surface area contributed by atoms with Gasteiger partial charge in [-0.3, -0.25) is 9.69 Å². The molecule has 0 unspecified atom stereocenters. The van der Waals surface area contributed by atoms with E-state index in [4.69, 9.17) is 4.74 Å². The van der Waals surface area contributed by atoms with Gasteiger partial charge in [-0.2, -0.15) is 0 Å². The summed E-state index contributed by atoms with van der Waals surface area (Å²) < 4.78 is 5.85. The fourth-order valence-electron chi connectivity index (χ4n) is 2.62. The zero-order chi connectivity index (χ0) is 16.8. The summed E-state index contributed by atoms with van der Waals surface area (Å²) in [5.74, 6) is 0.700. The van der Waals surface area contributed by atoms with Gasteiger partial charge in [-0.05, 0) is 64.4 Å². The van der Waals surface area contributed by atoms with E-state index >= 15 is 0 Å². The molecule has 5 nitrogen and oxygen atoms in total. The summed E-state index contributed by atoms with van der Waals surface area (Å²) in [4.78, 5) is 13.9. The summed E-state index contributed by atoms with van der Waals surface area (Å²) in [5.41, 5.74) is 0.753. The third kappa shape index (κ3) is 5.52. The number of rotatable bonds is 6. The molecule has 1 aliphatic carbocycles. The minimum atomic E-state index is -0.380. The molecule has 1 fully saturated rings. The Bertz CT molecular complexity index is 501. The van der Waals surface area contributed by atoms with E-state index in [1.165, 1.54) is 0 Å². The highest BCUT2D eigenvalue weighted by molar-refractivity contribution is 5.92. The molecule has 0 heterocycles. The minimum absolute atomic E-state index is 0.0300.